The van der Waals surface area contributed by atoms with Gasteiger partial charge in [0.2, 0.25) is 17.7 Å². The molecule has 0 fully saturated rings. The number of carbonyl (C=O) groups is 4. The Kier molecular flexibility index (Phi) is 10.5. The van der Waals surface area contributed by atoms with Crippen LogP contribution in [-0.4, -0.2) is 65.2 Å². The Bertz CT molecular complexity index is 509. The molecule has 0 spiro atoms. The lowest BCUT2D eigenvalue weighted by atomic mass is 9.99. The van der Waals surface area contributed by atoms with Crippen LogP contribution < -0.4 is 21.7 Å². The molecule has 0 heterocycles. The van der Waals surface area contributed by atoms with Gasteiger partial charge in [0.1, 0.15) is 18.1 Å². The Labute approximate surface area is 152 Å². The number of carbonyl (C=O) groups excluding carboxylic acids is 3. The minimum absolute atomic E-state index is 0.0274. The molecule has 0 bridgehead atoms. The molecule has 3 atom stereocenters. The molecule has 0 aliphatic carbocycles. The number of carboxylic acid groups (broad SMARTS) is 1. The van der Waals surface area contributed by atoms with E-state index in [4.69, 9.17) is 15.9 Å². The Hall–Kier alpha value is -2.20. The fraction of sp³-hybridized carbons (Fsp3) is 0.750. The first-order chi connectivity index (χ1) is 12.0. The minimum atomic E-state index is -1.47. The fourth-order valence-electron chi connectivity index (χ4n) is 2.19. The Morgan fingerprint density at radius 1 is 0.923 bits per heavy atom. The summed E-state index contributed by atoms with van der Waals surface area (Å²) in [5, 5.41) is 25.2. The molecule has 150 valence electrons. The van der Waals surface area contributed by atoms with E-state index in [1.54, 1.807) is 13.8 Å². The number of rotatable bonds is 11. The van der Waals surface area contributed by atoms with Crippen molar-refractivity contribution in [2.75, 3.05) is 13.2 Å². The maximum absolute atomic E-state index is 12.5. The molecule has 7 N–H and O–H groups in total. The van der Waals surface area contributed by atoms with Crippen molar-refractivity contribution in [1.29, 1.82) is 0 Å². The highest BCUT2D eigenvalue weighted by Crippen LogP contribution is 2.08. The van der Waals surface area contributed by atoms with Crippen molar-refractivity contribution in [3.05, 3.63) is 0 Å². The first-order valence-electron chi connectivity index (χ1n) is 8.47. The zero-order chi connectivity index (χ0) is 20.4. The summed E-state index contributed by atoms with van der Waals surface area (Å²) in [6, 6.07) is -3.36. The summed E-state index contributed by atoms with van der Waals surface area (Å²) in [6.07, 6.45) is 0.255. The van der Waals surface area contributed by atoms with Gasteiger partial charge in [0.05, 0.1) is 13.2 Å². The van der Waals surface area contributed by atoms with Gasteiger partial charge < -0.3 is 31.9 Å². The van der Waals surface area contributed by atoms with Crippen molar-refractivity contribution in [1.82, 2.24) is 16.0 Å². The normalized spacial score (nSPS) is 14.5. The summed E-state index contributed by atoms with van der Waals surface area (Å²) < 4.78 is 0. The smallest absolute Gasteiger partial charge is 0.328 e. The Balaban J connectivity index is 5.22. The van der Waals surface area contributed by atoms with Crippen molar-refractivity contribution >= 4 is 23.7 Å². The second-order valence-corrected chi connectivity index (χ2v) is 6.77. The average Bonchev–Trinajstić information content (AvgIpc) is 2.54. The second kappa shape index (κ2) is 11.4. The molecular formula is C16H30N4O6. The summed E-state index contributed by atoms with van der Waals surface area (Å²) >= 11 is 0. The van der Waals surface area contributed by atoms with E-state index in [1.165, 1.54) is 0 Å². The minimum Gasteiger partial charge on any atom is -0.480 e. The number of nitrogens with one attached hydrogen (secondary N) is 3. The molecular weight excluding hydrogens is 344 g/mol. The SMILES string of the molecule is CC(C)CC(NC(=O)C(NC(=O)CN)C(C)C)C(=O)NC(CO)C(=O)O. The van der Waals surface area contributed by atoms with Crippen LogP contribution in [0.4, 0.5) is 0 Å². The van der Waals surface area contributed by atoms with E-state index in [2.05, 4.69) is 16.0 Å². The van der Waals surface area contributed by atoms with Gasteiger partial charge in [-0.2, -0.15) is 0 Å². The van der Waals surface area contributed by atoms with Crippen molar-refractivity contribution in [2.24, 2.45) is 17.6 Å². The van der Waals surface area contributed by atoms with Crippen molar-refractivity contribution < 1.29 is 29.4 Å². The number of aliphatic carboxylic acids is 1. The molecule has 0 aromatic carbocycles. The molecule has 0 saturated carbocycles. The third kappa shape index (κ3) is 8.26. The van der Waals surface area contributed by atoms with Crippen molar-refractivity contribution in [3.8, 4) is 0 Å². The zero-order valence-corrected chi connectivity index (χ0v) is 15.6. The lowest BCUT2D eigenvalue weighted by Crippen LogP contribution is -2.58. The Morgan fingerprint density at radius 2 is 1.46 bits per heavy atom. The first kappa shape index (κ1) is 23.8. The van der Waals surface area contributed by atoms with Crippen LogP contribution in [0, 0.1) is 11.8 Å². The monoisotopic (exact) mass is 374 g/mol. The molecule has 0 rings (SSSR count). The van der Waals surface area contributed by atoms with Crippen molar-refractivity contribution in [2.45, 2.75) is 52.2 Å². The molecule has 26 heavy (non-hydrogen) atoms. The summed E-state index contributed by atoms with van der Waals surface area (Å²) in [6.45, 7) is 6.08. The predicted molar refractivity (Wildman–Crippen MR) is 93.9 cm³/mol. The third-order valence-electron chi connectivity index (χ3n) is 3.59. The van der Waals surface area contributed by atoms with Gasteiger partial charge in [-0.25, -0.2) is 4.79 Å². The molecule has 10 heteroatoms. The van der Waals surface area contributed by atoms with Crippen LogP contribution in [0.1, 0.15) is 34.1 Å². The highest BCUT2D eigenvalue weighted by Gasteiger charge is 2.30. The number of amides is 3. The van der Waals surface area contributed by atoms with E-state index in [9.17, 15) is 19.2 Å². The van der Waals surface area contributed by atoms with Gasteiger partial charge in [0, 0.05) is 0 Å². The fourth-order valence-corrected chi connectivity index (χ4v) is 2.19. The van der Waals surface area contributed by atoms with Crippen LogP contribution in [-0.2, 0) is 19.2 Å². The van der Waals surface area contributed by atoms with Gasteiger partial charge >= 0.3 is 5.97 Å². The standard InChI is InChI=1S/C16H30N4O6/c1-8(2)5-10(14(23)19-11(7-21)16(25)26)18-15(24)13(9(3)4)20-12(22)6-17/h8-11,13,21H,5-7,17H2,1-4H3,(H,18,24)(H,19,23)(H,20,22)(H,25,26). The van der Waals surface area contributed by atoms with Gasteiger partial charge in [-0.15, -0.1) is 0 Å². The largest absolute Gasteiger partial charge is 0.480 e. The number of aliphatic hydroxyl groups excluding tert-OH is 1. The number of hydrogen-bond donors (Lipinski definition) is 6. The highest BCUT2D eigenvalue weighted by atomic mass is 16.4. The second-order valence-electron chi connectivity index (χ2n) is 6.77. The van der Waals surface area contributed by atoms with E-state index in [1.807, 2.05) is 13.8 Å². The lowest BCUT2D eigenvalue weighted by molar-refractivity contribution is -0.143. The maximum Gasteiger partial charge on any atom is 0.328 e. The van der Waals surface area contributed by atoms with Crippen molar-refractivity contribution in [3.63, 3.8) is 0 Å². The molecule has 0 radical (unpaired) electrons. The molecule has 0 saturated heterocycles. The van der Waals surface area contributed by atoms with E-state index < -0.39 is 48.4 Å². The van der Waals surface area contributed by atoms with Crippen LogP contribution in [0.3, 0.4) is 0 Å². The van der Waals surface area contributed by atoms with E-state index >= 15 is 0 Å². The molecule has 0 aromatic heterocycles. The van der Waals surface area contributed by atoms with Crippen LogP contribution in [0.2, 0.25) is 0 Å². The topological polar surface area (TPSA) is 171 Å². The zero-order valence-electron chi connectivity index (χ0n) is 15.6. The molecule has 0 aliphatic heterocycles. The average molecular weight is 374 g/mol. The predicted octanol–water partition coefficient (Wildman–Crippen LogP) is -1.82. The van der Waals surface area contributed by atoms with Crippen LogP contribution >= 0.6 is 0 Å². The number of nitrogens with two attached hydrogens (primary N) is 1. The highest BCUT2D eigenvalue weighted by molar-refractivity contribution is 5.93. The summed E-state index contributed by atoms with van der Waals surface area (Å²) in [5.41, 5.74) is 5.25. The maximum atomic E-state index is 12.5. The third-order valence-corrected chi connectivity index (χ3v) is 3.59. The van der Waals surface area contributed by atoms with Gasteiger partial charge in [-0.1, -0.05) is 27.7 Å². The number of hydrogen-bond acceptors (Lipinski definition) is 6. The molecule has 0 aliphatic rings. The lowest BCUT2D eigenvalue weighted by Gasteiger charge is -2.26. The summed E-state index contributed by atoms with van der Waals surface area (Å²) in [4.78, 5) is 47.3. The van der Waals surface area contributed by atoms with Gasteiger partial charge in [0.15, 0.2) is 0 Å². The molecule has 3 unspecified atom stereocenters. The van der Waals surface area contributed by atoms with E-state index in [0.717, 1.165) is 0 Å². The van der Waals surface area contributed by atoms with Crippen LogP contribution in [0.15, 0.2) is 0 Å². The summed E-state index contributed by atoms with van der Waals surface area (Å²) in [5.74, 6) is -3.41. The van der Waals surface area contributed by atoms with Crippen LogP contribution in [0.25, 0.3) is 0 Å². The molecule has 3 amide bonds. The summed E-state index contributed by atoms with van der Waals surface area (Å²) in [7, 11) is 0. The van der Waals surface area contributed by atoms with Crippen LogP contribution in [0.5, 0.6) is 0 Å². The number of aliphatic hydroxyl groups is 1. The first-order valence-corrected chi connectivity index (χ1v) is 8.47. The van der Waals surface area contributed by atoms with Gasteiger partial charge in [-0.3, -0.25) is 14.4 Å². The Morgan fingerprint density at radius 3 is 1.85 bits per heavy atom. The quantitative estimate of drug-likeness (QED) is 0.247. The molecule has 10 nitrogen and oxygen atoms in total. The number of carboxylic acids is 1. The van der Waals surface area contributed by atoms with E-state index in [0.29, 0.717) is 0 Å². The van der Waals surface area contributed by atoms with E-state index in [-0.39, 0.29) is 24.8 Å². The van der Waals surface area contributed by atoms with Gasteiger partial charge in [-0.05, 0) is 18.3 Å². The molecule has 0 aromatic rings. The van der Waals surface area contributed by atoms with Gasteiger partial charge in [0.25, 0.3) is 0 Å².